The van der Waals surface area contributed by atoms with Crippen LogP contribution in [0.5, 0.6) is 0 Å². The number of benzene rings is 2. The van der Waals surface area contributed by atoms with Gasteiger partial charge in [-0.2, -0.15) is 0 Å². The van der Waals surface area contributed by atoms with Crippen molar-refractivity contribution in [1.82, 2.24) is 4.90 Å². The van der Waals surface area contributed by atoms with Crippen LogP contribution in [0, 0.1) is 0 Å². The molecule has 2 atom stereocenters. The van der Waals surface area contributed by atoms with Crippen molar-refractivity contribution in [2.75, 3.05) is 13.1 Å². The molecule has 2 aliphatic rings. The fourth-order valence-electron chi connectivity index (χ4n) is 3.83. The monoisotopic (exact) mass is 285 g/mol. The summed E-state index contributed by atoms with van der Waals surface area (Å²) in [5.74, 6) is 0.548. The van der Waals surface area contributed by atoms with Crippen LogP contribution in [0.2, 0.25) is 0 Å². The molecule has 0 aromatic heterocycles. The summed E-state index contributed by atoms with van der Waals surface area (Å²) in [6.07, 6.45) is 2.68. The third-order valence-electron chi connectivity index (χ3n) is 4.71. The standard InChI is InChI=1S/C18H19N.ClH/c1-2-7-14(8-3-1)17-13-19-12-6-11-18(19)16-10-5-4-9-15(16)17;/h1-5,7-10,17-18H,6,11-13H2;1H/t17?,18-;/m0./s1. The Kier molecular flexibility index (Phi) is 3.82. The minimum Gasteiger partial charge on any atom is -0.295 e. The van der Waals surface area contributed by atoms with E-state index in [1.807, 2.05) is 0 Å². The number of nitrogens with zero attached hydrogens (tertiary/aromatic N) is 1. The number of fused-ring (bicyclic) bond motifs is 3. The molecule has 0 bridgehead atoms. The topological polar surface area (TPSA) is 3.24 Å². The van der Waals surface area contributed by atoms with Crippen LogP contribution in [0.3, 0.4) is 0 Å². The van der Waals surface area contributed by atoms with E-state index in [4.69, 9.17) is 0 Å². The highest BCUT2D eigenvalue weighted by Gasteiger charge is 2.35. The third-order valence-corrected chi connectivity index (χ3v) is 4.71. The number of hydrogen-bond acceptors (Lipinski definition) is 1. The molecule has 0 N–H and O–H groups in total. The van der Waals surface area contributed by atoms with Crippen molar-refractivity contribution in [2.24, 2.45) is 0 Å². The second-order valence-corrected chi connectivity index (χ2v) is 5.75. The average Bonchev–Trinajstić information content (AvgIpc) is 2.96. The van der Waals surface area contributed by atoms with Gasteiger partial charge in [0.15, 0.2) is 0 Å². The maximum atomic E-state index is 2.68. The summed E-state index contributed by atoms with van der Waals surface area (Å²) in [6, 6.07) is 20.7. The van der Waals surface area contributed by atoms with Crippen LogP contribution in [0.15, 0.2) is 54.6 Å². The van der Waals surface area contributed by atoms with Crippen LogP contribution in [0.25, 0.3) is 0 Å². The molecule has 1 nitrogen and oxygen atoms in total. The molecule has 20 heavy (non-hydrogen) atoms. The molecular formula is C18H20ClN. The van der Waals surface area contributed by atoms with E-state index in [1.54, 1.807) is 11.1 Å². The highest BCUT2D eigenvalue weighted by atomic mass is 35.5. The largest absolute Gasteiger partial charge is 0.295 e. The van der Waals surface area contributed by atoms with Gasteiger partial charge in [0, 0.05) is 18.5 Å². The molecule has 1 saturated heterocycles. The van der Waals surface area contributed by atoms with E-state index in [-0.39, 0.29) is 12.4 Å². The lowest BCUT2D eigenvalue weighted by Crippen LogP contribution is -2.34. The predicted octanol–water partition coefficient (Wildman–Crippen LogP) is 4.39. The Morgan fingerprint density at radius 1 is 0.850 bits per heavy atom. The minimum atomic E-state index is 0. The molecule has 0 spiro atoms. The zero-order valence-corrected chi connectivity index (χ0v) is 12.4. The minimum absolute atomic E-state index is 0. The fourth-order valence-corrected chi connectivity index (χ4v) is 3.83. The third kappa shape index (κ3) is 2.15. The van der Waals surface area contributed by atoms with Crippen LogP contribution in [-0.4, -0.2) is 18.0 Å². The van der Waals surface area contributed by atoms with Crippen molar-refractivity contribution in [1.29, 1.82) is 0 Å². The van der Waals surface area contributed by atoms with E-state index in [0.29, 0.717) is 12.0 Å². The lowest BCUT2D eigenvalue weighted by atomic mass is 9.82. The summed E-state index contributed by atoms with van der Waals surface area (Å²) in [7, 11) is 0. The Morgan fingerprint density at radius 2 is 1.55 bits per heavy atom. The van der Waals surface area contributed by atoms with Gasteiger partial charge in [-0.1, -0.05) is 54.6 Å². The first-order chi connectivity index (χ1) is 9.43. The zero-order valence-electron chi connectivity index (χ0n) is 11.5. The smallest absolute Gasteiger partial charge is 0.0351 e. The number of rotatable bonds is 1. The molecule has 0 saturated carbocycles. The van der Waals surface area contributed by atoms with Gasteiger partial charge >= 0.3 is 0 Å². The summed E-state index contributed by atoms with van der Waals surface area (Å²) in [4.78, 5) is 2.68. The van der Waals surface area contributed by atoms with E-state index in [2.05, 4.69) is 59.5 Å². The Labute approximate surface area is 127 Å². The van der Waals surface area contributed by atoms with Gasteiger partial charge in [0.25, 0.3) is 0 Å². The van der Waals surface area contributed by atoms with Crippen molar-refractivity contribution in [3.05, 3.63) is 71.3 Å². The van der Waals surface area contributed by atoms with Crippen molar-refractivity contribution in [3.8, 4) is 0 Å². The predicted molar refractivity (Wildman–Crippen MR) is 85.5 cm³/mol. The molecule has 0 amide bonds. The second kappa shape index (κ2) is 5.59. The maximum Gasteiger partial charge on any atom is 0.0351 e. The molecule has 104 valence electrons. The van der Waals surface area contributed by atoms with E-state index in [0.717, 1.165) is 0 Å². The van der Waals surface area contributed by atoms with Gasteiger partial charge in [-0.15, -0.1) is 12.4 Å². The SMILES string of the molecule is Cl.c1ccc(C2CN3CCC[C@H]3c3ccccc32)cc1. The van der Waals surface area contributed by atoms with Crippen molar-refractivity contribution >= 4 is 12.4 Å². The molecule has 2 heteroatoms. The molecule has 2 aromatic carbocycles. The summed E-state index contributed by atoms with van der Waals surface area (Å²) in [5, 5.41) is 0. The van der Waals surface area contributed by atoms with Gasteiger partial charge in [-0.3, -0.25) is 4.90 Å². The fraction of sp³-hybridized carbons (Fsp3) is 0.333. The Bertz CT molecular complexity index is 581. The quantitative estimate of drug-likeness (QED) is 0.751. The molecule has 0 aliphatic carbocycles. The van der Waals surface area contributed by atoms with Gasteiger partial charge in [-0.05, 0) is 36.1 Å². The molecule has 4 rings (SSSR count). The molecule has 1 unspecified atom stereocenters. The van der Waals surface area contributed by atoms with Gasteiger partial charge in [0.1, 0.15) is 0 Å². The van der Waals surface area contributed by atoms with E-state index in [9.17, 15) is 0 Å². The van der Waals surface area contributed by atoms with E-state index < -0.39 is 0 Å². The second-order valence-electron chi connectivity index (χ2n) is 5.75. The first-order valence-corrected chi connectivity index (χ1v) is 7.31. The molecule has 2 aromatic rings. The molecule has 2 heterocycles. The first-order valence-electron chi connectivity index (χ1n) is 7.31. The Hall–Kier alpha value is -1.31. The Morgan fingerprint density at radius 3 is 2.35 bits per heavy atom. The van der Waals surface area contributed by atoms with E-state index in [1.165, 1.54) is 31.5 Å². The summed E-state index contributed by atoms with van der Waals surface area (Å²) in [5.41, 5.74) is 4.58. The van der Waals surface area contributed by atoms with Gasteiger partial charge in [0.05, 0.1) is 0 Å². The maximum absolute atomic E-state index is 2.68. The zero-order chi connectivity index (χ0) is 12.7. The van der Waals surface area contributed by atoms with Crippen LogP contribution in [0.4, 0.5) is 0 Å². The average molecular weight is 286 g/mol. The molecule has 0 radical (unpaired) electrons. The van der Waals surface area contributed by atoms with Crippen molar-refractivity contribution in [2.45, 2.75) is 24.8 Å². The first kappa shape index (κ1) is 13.7. The summed E-state index contributed by atoms with van der Waals surface area (Å²) in [6.45, 7) is 2.45. The number of hydrogen-bond donors (Lipinski definition) is 0. The van der Waals surface area contributed by atoms with Crippen molar-refractivity contribution < 1.29 is 0 Å². The number of halogens is 1. The normalized spacial score (nSPS) is 24.6. The summed E-state index contributed by atoms with van der Waals surface area (Å²) >= 11 is 0. The molecular weight excluding hydrogens is 266 g/mol. The van der Waals surface area contributed by atoms with Crippen LogP contribution in [0.1, 0.15) is 41.5 Å². The lowest BCUT2D eigenvalue weighted by molar-refractivity contribution is 0.230. The summed E-state index contributed by atoms with van der Waals surface area (Å²) < 4.78 is 0. The molecule has 2 aliphatic heterocycles. The lowest BCUT2D eigenvalue weighted by Gasteiger charge is -2.37. The molecule has 1 fully saturated rings. The van der Waals surface area contributed by atoms with Crippen LogP contribution < -0.4 is 0 Å². The van der Waals surface area contributed by atoms with Crippen LogP contribution in [-0.2, 0) is 0 Å². The van der Waals surface area contributed by atoms with E-state index >= 15 is 0 Å². The Balaban J connectivity index is 0.00000121. The highest BCUT2D eigenvalue weighted by Crippen LogP contribution is 2.43. The van der Waals surface area contributed by atoms with Gasteiger partial charge < -0.3 is 0 Å². The van der Waals surface area contributed by atoms with Crippen LogP contribution >= 0.6 is 12.4 Å². The highest BCUT2D eigenvalue weighted by molar-refractivity contribution is 5.85. The van der Waals surface area contributed by atoms with Crippen molar-refractivity contribution in [3.63, 3.8) is 0 Å². The van der Waals surface area contributed by atoms with Gasteiger partial charge in [-0.25, -0.2) is 0 Å². The van der Waals surface area contributed by atoms with Gasteiger partial charge in [0.2, 0.25) is 0 Å².